The molecule has 0 heterocycles. The van der Waals surface area contributed by atoms with Crippen molar-refractivity contribution in [1.29, 1.82) is 0 Å². The second-order valence-corrected chi connectivity index (χ2v) is 8.47. The fourth-order valence-corrected chi connectivity index (χ4v) is 5.65. The molecule has 0 spiro atoms. The highest BCUT2D eigenvalue weighted by Gasteiger charge is 2.76. The van der Waals surface area contributed by atoms with Gasteiger partial charge in [0.15, 0.2) is 5.25 Å². The number of rotatable bonds is 3. The molecule has 4 unspecified atom stereocenters. The predicted molar refractivity (Wildman–Crippen MR) is 70.0 cm³/mol. The van der Waals surface area contributed by atoms with Crippen LogP contribution in [0.1, 0.15) is 26.7 Å². The molecule has 0 aliphatic heterocycles. The van der Waals surface area contributed by atoms with Gasteiger partial charge in [-0.05, 0) is 12.8 Å². The van der Waals surface area contributed by atoms with Gasteiger partial charge in [0.1, 0.15) is 12.2 Å². The largest absolute Gasteiger partial charge is 0.461 e. The van der Waals surface area contributed by atoms with Crippen molar-refractivity contribution in [3.63, 3.8) is 0 Å². The van der Waals surface area contributed by atoms with E-state index >= 15 is 0 Å². The second kappa shape index (κ2) is 4.97. The Bertz CT molecular complexity index is 453. The maximum absolute atomic E-state index is 13.2. The molecule has 0 radical (unpaired) electrons. The number of alkyl halides is 1. The van der Waals surface area contributed by atoms with Crippen molar-refractivity contribution < 1.29 is 38.5 Å². The van der Waals surface area contributed by atoms with Gasteiger partial charge >= 0.3 is 11.9 Å². The molecule has 4 nitrogen and oxygen atoms in total. The van der Waals surface area contributed by atoms with E-state index in [1.54, 1.807) is 0 Å². The maximum atomic E-state index is 13.2. The summed E-state index contributed by atoms with van der Waals surface area (Å²) in [6.45, 7) is 1.80. The van der Waals surface area contributed by atoms with E-state index in [4.69, 9.17) is 0 Å². The topological polar surface area (TPSA) is 52.6 Å². The number of hydrogen-bond acceptors (Lipinski definition) is 4. The summed E-state index contributed by atoms with van der Waals surface area (Å²) < 4.78 is 75.0. The van der Waals surface area contributed by atoms with Crippen molar-refractivity contribution >= 4 is 38.1 Å². The normalized spacial score (nSPS) is 33.5. The molecule has 1 fully saturated rings. The number of carbonyl (C=O) groups excluding carboxylic acids is 2. The van der Waals surface area contributed by atoms with E-state index in [1.165, 1.54) is 0 Å². The summed E-state index contributed by atoms with van der Waals surface area (Å²) >= 11 is 2.55. The summed E-state index contributed by atoms with van der Waals surface area (Å²) in [5.41, 5.74) is 0. The van der Waals surface area contributed by atoms with E-state index in [1.807, 2.05) is 0 Å². The minimum absolute atomic E-state index is 0.127. The van der Waals surface area contributed by atoms with Gasteiger partial charge in [-0.2, -0.15) is 0 Å². The maximum Gasteiger partial charge on any atom is 0.302 e. The van der Waals surface area contributed by atoms with Crippen LogP contribution in [0.4, 0.5) is 19.4 Å². The van der Waals surface area contributed by atoms with E-state index in [0.717, 1.165) is 13.8 Å². The third-order valence-electron chi connectivity index (χ3n) is 2.92. The number of hydrogen-bond donors (Lipinski definition) is 0. The Hall–Kier alpha value is -0.580. The number of carbonyl (C=O) groups is 2. The van der Waals surface area contributed by atoms with Crippen molar-refractivity contribution in [2.75, 3.05) is 0 Å². The molecule has 0 N–H and O–H groups in total. The van der Waals surface area contributed by atoms with Gasteiger partial charge in [0.05, 0.1) is 4.83 Å². The third kappa shape index (κ3) is 4.97. The Morgan fingerprint density at radius 1 is 0.952 bits per heavy atom. The Balaban J connectivity index is 3.18. The number of halogens is 6. The smallest absolute Gasteiger partial charge is 0.302 e. The van der Waals surface area contributed by atoms with Gasteiger partial charge in [0, 0.05) is 13.8 Å². The van der Waals surface area contributed by atoms with Gasteiger partial charge in [-0.15, -0.1) is 0 Å². The van der Waals surface area contributed by atoms with Crippen LogP contribution in [-0.4, -0.2) is 34.2 Å². The van der Waals surface area contributed by atoms with E-state index < -0.39 is 50.9 Å². The minimum Gasteiger partial charge on any atom is -0.461 e. The molecular formula is C10H14BrF5O4S. The van der Waals surface area contributed by atoms with Crippen molar-refractivity contribution in [1.82, 2.24) is 0 Å². The van der Waals surface area contributed by atoms with Crippen LogP contribution in [0.15, 0.2) is 0 Å². The SMILES string of the molecule is CC(=O)OC1CCC(OC(C)=O)C(S(F)(F)(F)(F)F)C1Br. The first-order valence-corrected chi connectivity index (χ1v) is 8.76. The minimum atomic E-state index is -9.98. The van der Waals surface area contributed by atoms with Crippen molar-refractivity contribution in [2.45, 2.75) is 49.0 Å². The fraction of sp³-hybridized carbons (Fsp3) is 0.800. The summed E-state index contributed by atoms with van der Waals surface area (Å²) in [4.78, 5) is 19.8. The van der Waals surface area contributed by atoms with E-state index in [2.05, 4.69) is 25.4 Å². The number of ether oxygens (including phenoxy) is 2. The van der Waals surface area contributed by atoms with Gasteiger partial charge in [-0.25, -0.2) is 0 Å². The zero-order chi connectivity index (χ0) is 16.7. The van der Waals surface area contributed by atoms with Crippen LogP contribution in [-0.2, 0) is 19.1 Å². The molecule has 0 aromatic heterocycles. The van der Waals surface area contributed by atoms with Gasteiger partial charge in [-0.1, -0.05) is 35.4 Å². The zero-order valence-corrected chi connectivity index (χ0v) is 13.4. The number of esters is 2. The quantitative estimate of drug-likeness (QED) is 0.404. The third-order valence-corrected chi connectivity index (χ3v) is 6.05. The first-order valence-electron chi connectivity index (χ1n) is 5.83. The molecule has 126 valence electrons. The highest BCUT2D eigenvalue weighted by molar-refractivity contribution is 9.09. The van der Waals surface area contributed by atoms with Crippen LogP contribution in [0, 0.1) is 0 Å². The zero-order valence-electron chi connectivity index (χ0n) is 11.0. The van der Waals surface area contributed by atoms with Crippen LogP contribution in [0.25, 0.3) is 0 Å². The Morgan fingerprint density at radius 2 is 1.33 bits per heavy atom. The van der Waals surface area contributed by atoms with Crippen LogP contribution in [0.2, 0.25) is 0 Å². The van der Waals surface area contributed by atoms with E-state index in [9.17, 15) is 29.0 Å². The van der Waals surface area contributed by atoms with Crippen molar-refractivity contribution in [3.8, 4) is 0 Å². The van der Waals surface area contributed by atoms with E-state index in [-0.39, 0.29) is 6.42 Å². The van der Waals surface area contributed by atoms with E-state index in [0.29, 0.717) is 0 Å². The first kappa shape index (κ1) is 18.5. The molecule has 0 aromatic carbocycles. The van der Waals surface area contributed by atoms with Crippen LogP contribution in [0.5, 0.6) is 0 Å². The van der Waals surface area contributed by atoms with Crippen LogP contribution >= 0.6 is 26.2 Å². The van der Waals surface area contributed by atoms with Gasteiger partial charge < -0.3 is 9.47 Å². The molecule has 1 rings (SSSR count). The summed E-state index contributed by atoms with van der Waals surface area (Å²) in [6, 6.07) is 0. The Morgan fingerprint density at radius 3 is 1.71 bits per heavy atom. The summed E-state index contributed by atoms with van der Waals surface area (Å²) in [5, 5.41) is -3.22. The van der Waals surface area contributed by atoms with Gasteiger partial charge in [-0.3, -0.25) is 9.59 Å². The lowest BCUT2D eigenvalue weighted by Crippen LogP contribution is -2.53. The molecule has 1 saturated carbocycles. The summed E-state index contributed by atoms with van der Waals surface area (Å²) in [6.07, 6.45) is -3.99. The standard InChI is InChI=1S/C10H14BrF5O4S/c1-5(17)19-7-3-4-8(20-6(2)18)10(9(7)11)21(12,13,14,15)16/h7-10H,3-4H2,1-2H3. The van der Waals surface area contributed by atoms with Crippen molar-refractivity contribution in [3.05, 3.63) is 0 Å². The molecule has 1 aliphatic carbocycles. The van der Waals surface area contributed by atoms with Crippen LogP contribution in [0.3, 0.4) is 0 Å². The lowest BCUT2D eigenvalue weighted by Gasteiger charge is -2.53. The average Bonchev–Trinajstić information content (AvgIpc) is 2.16. The average molecular weight is 405 g/mol. The predicted octanol–water partition coefficient (Wildman–Crippen LogP) is 4.07. The first-order chi connectivity index (χ1) is 9.11. The molecule has 1 aliphatic rings. The molecule has 4 atom stereocenters. The highest BCUT2D eigenvalue weighted by Crippen LogP contribution is 3.01. The summed E-state index contributed by atoms with van der Waals surface area (Å²) in [5.74, 6) is -1.96. The van der Waals surface area contributed by atoms with Gasteiger partial charge in [0.2, 0.25) is 0 Å². The molecule has 0 saturated heterocycles. The summed E-state index contributed by atoms with van der Waals surface area (Å²) in [7, 11) is -9.98. The molecule has 21 heavy (non-hydrogen) atoms. The van der Waals surface area contributed by atoms with Crippen LogP contribution < -0.4 is 0 Å². The molecule has 11 heteroatoms. The Labute approximate surface area is 126 Å². The fourth-order valence-electron chi connectivity index (χ4n) is 2.28. The second-order valence-electron chi connectivity index (χ2n) is 4.81. The lowest BCUT2D eigenvalue weighted by molar-refractivity contribution is -0.154. The monoisotopic (exact) mass is 404 g/mol. The molecular weight excluding hydrogens is 391 g/mol. The molecule has 0 bridgehead atoms. The Kier molecular flexibility index (Phi) is 4.37. The molecule has 0 aromatic rings. The molecule has 0 amide bonds. The van der Waals surface area contributed by atoms with Crippen molar-refractivity contribution in [2.24, 2.45) is 0 Å². The lowest BCUT2D eigenvalue weighted by atomic mass is 9.94. The highest BCUT2D eigenvalue weighted by atomic mass is 79.9. The van der Waals surface area contributed by atoms with Gasteiger partial charge in [0.25, 0.3) is 10.2 Å².